The molecule has 0 aliphatic carbocycles. The van der Waals surface area contributed by atoms with Crippen LogP contribution < -0.4 is 0 Å². The summed E-state index contributed by atoms with van der Waals surface area (Å²) < 4.78 is 27.3. The third-order valence-corrected chi connectivity index (χ3v) is 8.15. The van der Waals surface area contributed by atoms with Gasteiger partial charge in [0.2, 0.25) is 10.0 Å². The van der Waals surface area contributed by atoms with Crippen molar-refractivity contribution in [3.63, 3.8) is 0 Å². The number of amides is 1. The fraction of sp³-hybridized carbons (Fsp3) is 0.529. The summed E-state index contributed by atoms with van der Waals surface area (Å²) in [6.45, 7) is 2.32. The van der Waals surface area contributed by atoms with Crippen molar-refractivity contribution in [1.82, 2.24) is 19.4 Å². The number of nitrogens with zero attached hydrogens (tertiary/aromatic N) is 3. The van der Waals surface area contributed by atoms with Crippen LogP contribution in [0, 0.1) is 0 Å². The average molecular weight is 395 g/mol. The van der Waals surface area contributed by atoms with E-state index in [4.69, 9.17) is 0 Å². The zero-order valence-electron chi connectivity index (χ0n) is 14.4. The summed E-state index contributed by atoms with van der Waals surface area (Å²) in [7, 11) is -3.59. The number of carbonyl (C=O) groups excluding carboxylic acids is 1. The summed E-state index contributed by atoms with van der Waals surface area (Å²) in [5, 5.41) is 8.68. The Morgan fingerprint density at radius 1 is 1.19 bits per heavy atom. The third kappa shape index (κ3) is 3.19. The van der Waals surface area contributed by atoms with E-state index in [2.05, 4.69) is 10.2 Å². The van der Waals surface area contributed by atoms with Crippen molar-refractivity contribution in [2.45, 2.75) is 36.5 Å². The van der Waals surface area contributed by atoms with E-state index in [0.717, 1.165) is 31.4 Å². The van der Waals surface area contributed by atoms with E-state index in [1.165, 1.54) is 15.6 Å². The molecular formula is C17H22N4O3S2. The normalized spacial score (nSPS) is 22.0. The molecule has 2 aliphatic rings. The van der Waals surface area contributed by atoms with Gasteiger partial charge in [-0.1, -0.05) is 0 Å². The number of nitrogens with one attached hydrogen (secondary N) is 1. The molecule has 0 bridgehead atoms. The van der Waals surface area contributed by atoms with Gasteiger partial charge in [0.25, 0.3) is 5.91 Å². The molecule has 2 saturated heterocycles. The lowest BCUT2D eigenvalue weighted by Crippen LogP contribution is -2.39. The van der Waals surface area contributed by atoms with Crippen molar-refractivity contribution >= 4 is 27.3 Å². The minimum atomic E-state index is -3.59. The van der Waals surface area contributed by atoms with E-state index in [0.29, 0.717) is 31.1 Å². The number of thiophene rings is 1. The van der Waals surface area contributed by atoms with Gasteiger partial charge in [0.15, 0.2) is 0 Å². The number of rotatable bonds is 4. The standard InChI is InChI=1S/C17H22N4O3S2/c22-17(20-8-3-4-13(12-20)14-5-7-18-19-14)16-15(6-11-25-16)26(23,24)21-9-1-2-10-21/h5-7,11,13H,1-4,8-10,12H2,(H,18,19)/t13-/m0/s1. The molecule has 7 nitrogen and oxygen atoms in total. The van der Waals surface area contributed by atoms with E-state index in [-0.39, 0.29) is 16.7 Å². The van der Waals surface area contributed by atoms with Crippen molar-refractivity contribution in [2.75, 3.05) is 26.2 Å². The molecule has 4 heterocycles. The predicted molar refractivity (Wildman–Crippen MR) is 98.8 cm³/mol. The zero-order chi connectivity index (χ0) is 18.1. The quantitative estimate of drug-likeness (QED) is 0.862. The summed E-state index contributed by atoms with van der Waals surface area (Å²) >= 11 is 1.22. The fourth-order valence-electron chi connectivity index (χ4n) is 3.78. The van der Waals surface area contributed by atoms with Gasteiger partial charge < -0.3 is 4.90 Å². The Hall–Kier alpha value is -1.71. The number of H-pyrrole nitrogens is 1. The van der Waals surface area contributed by atoms with E-state index in [9.17, 15) is 13.2 Å². The molecule has 0 unspecified atom stereocenters. The fourth-order valence-corrected chi connectivity index (χ4v) is 6.66. The van der Waals surface area contributed by atoms with Gasteiger partial charge in [0, 0.05) is 44.0 Å². The number of aromatic nitrogens is 2. The second kappa shape index (κ2) is 7.13. The van der Waals surface area contributed by atoms with Gasteiger partial charge in [0.1, 0.15) is 9.77 Å². The molecule has 2 aromatic rings. The topological polar surface area (TPSA) is 86.4 Å². The van der Waals surface area contributed by atoms with Crippen LogP contribution in [0.1, 0.15) is 47.0 Å². The highest BCUT2D eigenvalue weighted by Crippen LogP contribution is 2.31. The number of carbonyl (C=O) groups is 1. The molecule has 1 atom stereocenters. The van der Waals surface area contributed by atoms with E-state index in [1.807, 2.05) is 6.07 Å². The largest absolute Gasteiger partial charge is 0.337 e. The van der Waals surface area contributed by atoms with E-state index >= 15 is 0 Å². The average Bonchev–Trinajstić information content (AvgIpc) is 3.43. The van der Waals surface area contributed by atoms with Crippen molar-refractivity contribution < 1.29 is 13.2 Å². The molecule has 26 heavy (non-hydrogen) atoms. The molecule has 9 heteroatoms. The maximum Gasteiger partial charge on any atom is 0.265 e. The molecule has 0 radical (unpaired) electrons. The highest BCUT2D eigenvalue weighted by atomic mass is 32.2. The summed E-state index contributed by atoms with van der Waals surface area (Å²) in [4.78, 5) is 15.4. The number of likely N-dealkylation sites (tertiary alicyclic amines) is 1. The van der Waals surface area contributed by atoms with Crippen molar-refractivity contribution in [3.8, 4) is 0 Å². The van der Waals surface area contributed by atoms with Gasteiger partial charge in [-0.15, -0.1) is 11.3 Å². The maximum absolute atomic E-state index is 13.1. The molecule has 4 rings (SSSR count). The minimum absolute atomic E-state index is 0.165. The summed E-state index contributed by atoms with van der Waals surface area (Å²) in [6, 6.07) is 3.51. The number of sulfonamides is 1. The lowest BCUT2D eigenvalue weighted by atomic mass is 9.95. The molecule has 0 aromatic carbocycles. The van der Waals surface area contributed by atoms with Gasteiger partial charge in [-0.25, -0.2) is 8.42 Å². The van der Waals surface area contributed by atoms with Crippen LogP contribution in [0.5, 0.6) is 0 Å². The Bertz CT molecular complexity index is 870. The molecule has 2 aromatic heterocycles. The van der Waals surface area contributed by atoms with E-state index < -0.39 is 10.0 Å². The molecule has 140 valence electrons. The third-order valence-electron chi connectivity index (χ3n) is 5.18. The van der Waals surface area contributed by atoms with Crippen molar-refractivity contribution in [2.24, 2.45) is 0 Å². The first-order chi connectivity index (χ1) is 12.6. The van der Waals surface area contributed by atoms with Crippen LogP contribution >= 0.6 is 11.3 Å². The van der Waals surface area contributed by atoms with E-state index in [1.54, 1.807) is 22.5 Å². The molecule has 0 spiro atoms. The van der Waals surface area contributed by atoms with Gasteiger partial charge >= 0.3 is 0 Å². The molecule has 2 fully saturated rings. The zero-order valence-corrected chi connectivity index (χ0v) is 16.1. The lowest BCUT2D eigenvalue weighted by Gasteiger charge is -2.32. The Balaban J connectivity index is 1.56. The molecule has 1 amide bonds. The van der Waals surface area contributed by atoms with Crippen molar-refractivity contribution in [1.29, 1.82) is 0 Å². The van der Waals surface area contributed by atoms with Crippen LogP contribution in [0.25, 0.3) is 0 Å². The minimum Gasteiger partial charge on any atom is -0.337 e. The Morgan fingerprint density at radius 2 is 2.00 bits per heavy atom. The smallest absolute Gasteiger partial charge is 0.265 e. The summed E-state index contributed by atoms with van der Waals surface area (Å²) in [6.07, 6.45) is 5.37. The molecule has 2 aliphatic heterocycles. The van der Waals surface area contributed by atoms with Crippen LogP contribution in [0.2, 0.25) is 0 Å². The number of piperidine rings is 1. The monoisotopic (exact) mass is 394 g/mol. The van der Waals surface area contributed by atoms with Gasteiger partial charge in [-0.3, -0.25) is 9.89 Å². The van der Waals surface area contributed by atoms with Gasteiger partial charge in [-0.05, 0) is 43.2 Å². The molecular weight excluding hydrogens is 372 g/mol. The van der Waals surface area contributed by atoms with Crippen LogP contribution in [0.3, 0.4) is 0 Å². The first kappa shape index (κ1) is 17.7. The molecule has 0 saturated carbocycles. The van der Waals surface area contributed by atoms with Crippen LogP contribution in [0.15, 0.2) is 28.6 Å². The van der Waals surface area contributed by atoms with Crippen LogP contribution in [-0.4, -0.2) is 59.9 Å². The Kier molecular flexibility index (Phi) is 4.85. The predicted octanol–water partition coefficient (Wildman–Crippen LogP) is 2.28. The highest BCUT2D eigenvalue weighted by Gasteiger charge is 2.34. The number of hydrogen-bond donors (Lipinski definition) is 1. The first-order valence-corrected chi connectivity index (χ1v) is 11.3. The number of aromatic amines is 1. The SMILES string of the molecule is O=C(c1sccc1S(=O)(=O)N1CCCC1)N1CCC[C@H](c2ccn[nH]2)C1. The summed E-state index contributed by atoms with van der Waals surface area (Å²) in [5.74, 6) is 0.0378. The van der Waals surface area contributed by atoms with Crippen LogP contribution in [-0.2, 0) is 10.0 Å². The second-order valence-electron chi connectivity index (χ2n) is 6.83. The maximum atomic E-state index is 13.1. The van der Waals surface area contributed by atoms with Crippen molar-refractivity contribution in [3.05, 3.63) is 34.3 Å². The lowest BCUT2D eigenvalue weighted by molar-refractivity contribution is 0.0707. The van der Waals surface area contributed by atoms with Gasteiger partial charge in [0.05, 0.1) is 0 Å². The Labute approximate surface area is 157 Å². The highest BCUT2D eigenvalue weighted by molar-refractivity contribution is 7.89. The number of hydrogen-bond acceptors (Lipinski definition) is 5. The molecule has 1 N–H and O–H groups in total. The van der Waals surface area contributed by atoms with Gasteiger partial charge in [-0.2, -0.15) is 9.40 Å². The Morgan fingerprint density at radius 3 is 2.73 bits per heavy atom. The van der Waals surface area contributed by atoms with Crippen LogP contribution in [0.4, 0.5) is 0 Å². The first-order valence-electron chi connectivity index (χ1n) is 8.93. The summed E-state index contributed by atoms with van der Waals surface area (Å²) in [5.41, 5.74) is 1.03. The second-order valence-corrected chi connectivity index (χ2v) is 9.65.